The zero-order chi connectivity index (χ0) is 20.8. The number of aromatic nitrogens is 1. The maximum absolute atomic E-state index is 13.3. The van der Waals surface area contributed by atoms with Crippen molar-refractivity contribution in [3.8, 4) is 0 Å². The second-order valence-corrected chi connectivity index (χ2v) is 7.83. The van der Waals surface area contributed by atoms with Gasteiger partial charge in [-0.2, -0.15) is 0 Å². The highest BCUT2D eigenvalue weighted by Gasteiger charge is 2.24. The number of hydrogen-bond acceptors (Lipinski definition) is 2. The minimum atomic E-state index is -0.314. The predicted octanol–water partition coefficient (Wildman–Crippen LogP) is 5.43. The molecule has 2 rings (SSSR count). The molecule has 4 nitrogen and oxygen atoms in total. The lowest BCUT2D eigenvalue weighted by Crippen LogP contribution is -2.30. The van der Waals surface area contributed by atoms with Gasteiger partial charge >= 0.3 is 0 Å². The van der Waals surface area contributed by atoms with Gasteiger partial charge in [0.05, 0.1) is 4.47 Å². The topological polar surface area (TPSA) is 51.1 Å². The van der Waals surface area contributed by atoms with Crippen LogP contribution in [0.1, 0.15) is 73.4 Å². The Labute approximate surface area is 176 Å². The van der Waals surface area contributed by atoms with E-state index in [0.29, 0.717) is 10.9 Å². The number of para-hydroxylation sites is 1. The van der Waals surface area contributed by atoms with Crippen molar-refractivity contribution in [2.24, 2.45) is 7.05 Å². The fourth-order valence-electron chi connectivity index (χ4n) is 3.69. The first-order chi connectivity index (χ1) is 13.4. The minimum absolute atomic E-state index is 0.217. The SMILES string of the molecule is CCCCc1c(C(=O)Nc2c(CC)cccc2CC)c(=O)c(Br)c(CC)n1C. The lowest BCUT2D eigenvalue weighted by atomic mass is 10.0. The van der Waals surface area contributed by atoms with Crippen LogP contribution in [0.2, 0.25) is 0 Å². The zero-order valence-corrected chi connectivity index (χ0v) is 19.2. The lowest BCUT2D eigenvalue weighted by Gasteiger charge is -2.20. The van der Waals surface area contributed by atoms with E-state index in [1.54, 1.807) is 0 Å². The van der Waals surface area contributed by atoms with Crippen LogP contribution in [-0.4, -0.2) is 10.5 Å². The van der Waals surface area contributed by atoms with Crippen LogP contribution >= 0.6 is 15.9 Å². The highest BCUT2D eigenvalue weighted by Crippen LogP contribution is 2.25. The van der Waals surface area contributed by atoms with Crippen LogP contribution < -0.4 is 10.7 Å². The molecule has 0 aliphatic heterocycles. The van der Waals surface area contributed by atoms with Gasteiger partial charge in [0, 0.05) is 24.1 Å². The Kier molecular flexibility index (Phi) is 8.05. The molecule has 0 aliphatic rings. The molecule has 5 heteroatoms. The molecule has 2 aromatic rings. The third-order valence-electron chi connectivity index (χ3n) is 5.34. The van der Waals surface area contributed by atoms with Crippen molar-refractivity contribution < 1.29 is 4.79 Å². The van der Waals surface area contributed by atoms with E-state index in [-0.39, 0.29) is 16.9 Å². The molecule has 0 spiro atoms. The third-order valence-corrected chi connectivity index (χ3v) is 6.16. The molecule has 1 amide bonds. The van der Waals surface area contributed by atoms with Crippen LogP contribution in [0.3, 0.4) is 0 Å². The van der Waals surface area contributed by atoms with Gasteiger partial charge in [-0.3, -0.25) is 9.59 Å². The number of halogens is 1. The fourth-order valence-corrected chi connectivity index (χ4v) is 4.44. The number of carbonyl (C=O) groups is 1. The third kappa shape index (κ3) is 4.40. The molecule has 0 saturated heterocycles. The first kappa shape index (κ1) is 22.4. The number of nitrogens with zero attached hydrogens (tertiary/aromatic N) is 1. The number of hydrogen-bond donors (Lipinski definition) is 1. The van der Waals surface area contributed by atoms with Gasteiger partial charge in [-0.1, -0.05) is 52.3 Å². The Morgan fingerprint density at radius 3 is 2.14 bits per heavy atom. The van der Waals surface area contributed by atoms with Gasteiger partial charge in [-0.15, -0.1) is 0 Å². The van der Waals surface area contributed by atoms with Gasteiger partial charge < -0.3 is 9.88 Å². The summed E-state index contributed by atoms with van der Waals surface area (Å²) in [7, 11) is 1.95. The lowest BCUT2D eigenvalue weighted by molar-refractivity contribution is 0.102. The second-order valence-electron chi connectivity index (χ2n) is 7.04. The van der Waals surface area contributed by atoms with Gasteiger partial charge in [-0.25, -0.2) is 0 Å². The molecule has 152 valence electrons. The molecule has 1 N–H and O–H groups in total. The highest BCUT2D eigenvalue weighted by atomic mass is 79.9. The number of rotatable bonds is 8. The molecule has 0 aliphatic carbocycles. The summed E-state index contributed by atoms with van der Waals surface area (Å²) in [6.07, 6.45) is 5.02. The van der Waals surface area contributed by atoms with E-state index in [0.717, 1.165) is 60.3 Å². The Hall–Kier alpha value is -1.88. The van der Waals surface area contributed by atoms with E-state index in [1.807, 2.05) is 36.7 Å². The summed E-state index contributed by atoms with van der Waals surface area (Å²) in [5, 5.41) is 3.07. The minimum Gasteiger partial charge on any atom is -0.350 e. The molecule has 0 unspecified atom stereocenters. The number of aryl methyl sites for hydroxylation is 2. The summed E-state index contributed by atoms with van der Waals surface area (Å²) in [6.45, 7) is 8.28. The van der Waals surface area contributed by atoms with Crippen LogP contribution in [0, 0.1) is 0 Å². The van der Waals surface area contributed by atoms with Crippen LogP contribution in [0.25, 0.3) is 0 Å². The number of unbranched alkanes of at least 4 members (excludes halogenated alkanes) is 1. The first-order valence-corrected chi connectivity index (χ1v) is 11.0. The number of nitrogens with one attached hydrogen (secondary N) is 1. The summed E-state index contributed by atoms with van der Waals surface area (Å²) in [6, 6.07) is 6.08. The van der Waals surface area contributed by atoms with E-state index >= 15 is 0 Å². The predicted molar refractivity (Wildman–Crippen MR) is 121 cm³/mol. The number of carbonyl (C=O) groups excluding carboxylic acids is 1. The normalized spacial score (nSPS) is 10.9. The number of benzene rings is 1. The maximum Gasteiger partial charge on any atom is 0.261 e. The smallest absolute Gasteiger partial charge is 0.261 e. The van der Waals surface area contributed by atoms with Crippen molar-refractivity contribution in [2.45, 2.75) is 66.2 Å². The van der Waals surface area contributed by atoms with Crippen molar-refractivity contribution in [2.75, 3.05) is 5.32 Å². The van der Waals surface area contributed by atoms with Gasteiger partial charge in [0.15, 0.2) is 0 Å². The van der Waals surface area contributed by atoms with E-state index < -0.39 is 0 Å². The number of anilines is 1. The number of amides is 1. The number of pyridine rings is 1. The van der Waals surface area contributed by atoms with Crippen LogP contribution in [0.15, 0.2) is 27.5 Å². The van der Waals surface area contributed by atoms with Crippen molar-refractivity contribution in [3.63, 3.8) is 0 Å². The molecule has 1 heterocycles. The largest absolute Gasteiger partial charge is 0.350 e. The Morgan fingerprint density at radius 2 is 1.64 bits per heavy atom. The van der Waals surface area contributed by atoms with Crippen molar-refractivity contribution in [1.29, 1.82) is 0 Å². The standard InChI is InChI=1S/C23H31BrN2O2/c1-6-10-14-18-19(22(27)20(24)17(9-4)26(18)5)23(28)25-21-15(7-2)12-11-13-16(21)8-3/h11-13H,6-10,14H2,1-5H3,(H,25,28). The molecule has 0 atom stereocenters. The summed E-state index contributed by atoms with van der Waals surface area (Å²) < 4.78 is 2.50. The first-order valence-electron chi connectivity index (χ1n) is 10.2. The highest BCUT2D eigenvalue weighted by molar-refractivity contribution is 9.10. The summed E-state index contributed by atoms with van der Waals surface area (Å²) in [4.78, 5) is 26.4. The molecule has 0 saturated carbocycles. The summed E-state index contributed by atoms with van der Waals surface area (Å²) in [5.41, 5.74) is 4.80. The van der Waals surface area contributed by atoms with Crippen molar-refractivity contribution in [1.82, 2.24) is 4.57 Å². The Bertz CT molecular complexity index is 894. The van der Waals surface area contributed by atoms with Crippen LogP contribution in [-0.2, 0) is 32.7 Å². The zero-order valence-electron chi connectivity index (χ0n) is 17.6. The Morgan fingerprint density at radius 1 is 1.04 bits per heavy atom. The molecule has 1 aromatic heterocycles. The molecular weight excluding hydrogens is 416 g/mol. The van der Waals surface area contributed by atoms with Crippen molar-refractivity contribution in [3.05, 3.63) is 61.0 Å². The van der Waals surface area contributed by atoms with Gasteiger partial charge in [0.1, 0.15) is 5.56 Å². The van der Waals surface area contributed by atoms with E-state index in [1.165, 1.54) is 0 Å². The molecule has 0 fully saturated rings. The average molecular weight is 447 g/mol. The molecule has 0 bridgehead atoms. The molecule has 0 radical (unpaired) electrons. The summed E-state index contributed by atoms with van der Waals surface area (Å²) in [5.74, 6) is -0.314. The average Bonchev–Trinajstić information content (AvgIpc) is 2.70. The quantitative estimate of drug-likeness (QED) is 0.587. The molecule has 28 heavy (non-hydrogen) atoms. The van der Waals surface area contributed by atoms with E-state index in [4.69, 9.17) is 0 Å². The fraction of sp³-hybridized carbons (Fsp3) is 0.478. The van der Waals surface area contributed by atoms with Crippen LogP contribution in [0.5, 0.6) is 0 Å². The summed E-state index contributed by atoms with van der Waals surface area (Å²) >= 11 is 3.44. The van der Waals surface area contributed by atoms with E-state index in [9.17, 15) is 9.59 Å². The Balaban J connectivity index is 2.62. The maximum atomic E-state index is 13.3. The van der Waals surface area contributed by atoms with Gasteiger partial charge in [0.25, 0.3) is 5.91 Å². The monoisotopic (exact) mass is 446 g/mol. The van der Waals surface area contributed by atoms with E-state index in [2.05, 4.69) is 42.0 Å². The molecular formula is C23H31BrN2O2. The van der Waals surface area contributed by atoms with Crippen LogP contribution in [0.4, 0.5) is 5.69 Å². The second kappa shape index (κ2) is 10.1. The molecule has 1 aromatic carbocycles. The van der Waals surface area contributed by atoms with Crippen molar-refractivity contribution >= 4 is 27.5 Å². The van der Waals surface area contributed by atoms with Gasteiger partial charge in [-0.05, 0) is 59.2 Å². The van der Waals surface area contributed by atoms with Gasteiger partial charge in [0.2, 0.25) is 5.43 Å².